The number of hydrogen-bond donors (Lipinski definition) is 0. The van der Waals surface area contributed by atoms with Gasteiger partial charge in [0.1, 0.15) is 0 Å². The Balaban J connectivity index is 1.40. The van der Waals surface area contributed by atoms with Gasteiger partial charge in [0.2, 0.25) is 0 Å². The van der Waals surface area contributed by atoms with Gasteiger partial charge < -0.3 is 9.80 Å². The summed E-state index contributed by atoms with van der Waals surface area (Å²) >= 11 is 0. The monoisotopic (exact) mass is 374 g/mol. The highest BCUT2D eigenvalue weighted by Crippen LogP contribution is 2.19. The van der Waals surface area contributed by atoms with E-state index in [0.717, 1.165) is 49.9 Å². The quantitative estimate of drug-likeness (QED) is 0.687. The second kappa shape index (κ2) is 8.48. The number of fused-ring (bicyclic) bond motifs is 1. The Labute approximate surface area is 166 Å². The second-order valence-electron chi connectivity index (χ2n) is 7.51. The average Bonchev–Trinajstić information content (AvgIpc) is 2.77. The Morgan fingerprint density at radius 1 is 1.11 bits per heavy atom. The third-order valence-electron chi connectivity index (χ3n) is 5.62. The molecule has 0 bridgehead atoms. The topological polar surface area (TPSA) is 49.3 Å². The van der Waals surface area contributed by atoms with Crippen LogP contribution in [0, 0.1) is 0 Å². The normalized spacial score (nSPS) is 17.5. The molecule has 144 valence electrons. The molecule has 1 unspecified atom stereocenters. The van der Waals surface area contributed by atoms with Crippen LogP contribution in [-0.2, 0) is 6.42 Å². The van der Waals surface area contributed by atoms with Crippen molar-refractivity contribution in [3.63, 3.8) is 0 Å². The van der Waals surface area contributed by atoms with Crippen LogP contribution < -0.4 is 0 Å². The van der Waals surface area contributed by atoms with Crippen molar-refractivity contribution in [2.75, 3.05) is 26.7 Å². The number of likely N-dealkylation sites (tertiary alicyclic amines) is 1. The Bertz CT molecular complexity index is 943. The molecule has 1 amide bonds. The van der Waals surface area contributed by atoms with Gasteiger partial charge in [-0.25, -0.2) is 0 Å². The summed E-state index contributed by atoms with van der Waals surface area (Å²) in [5.41, 5.74) is 3.62. The minimum atomic E-state index is 0.0578. The van der Waals surface area contributed by atoms with Crippen molar-refractivity contribution < 1.29 is 4.79 Å². The highest BCUT2D eigenvalue weighted by molar-refractivity contribution is 5.97. The van der Waals surface area contributed by atoms with Gasteiger partial charge in [0, 0.05) is 44.1 Å². The van der Waals surface area contributed by atoms with Crippen molar-refractivity contribution in [3.8, 4) is 0 Å². The van der Waals surface area contributed by atoms with Crippen molar-refractivity contribution in [2.24, 2.45) is 0 Å². The van der Waals surface area contributed by atoms with Crippen LogP contribution in [0.15, 0.2) is 60.9 Å². The molecule has 0 N–H and O–H groups in total. The van der Waals surface area contributed by atoms with Crippen molar-refractivity contribution in [3.05, 3.63) is 72.1 Å². The van der Waals surface area contributed by atoms with E-state index in [0.29, 0.717) is 5.56 Å². The van der Waals surface area contributed by atoms with E-state index in [1.807, 2.05) is 30.1 Å². The van der Waals surface area contributed by atoms with Crippen molar-refractivity contribution in [1.82, 2.24) is 19.8 Å². The molecule has 0 aliphatic carbocycles. The lowest BCUT2D eigenvalue weighted by Gasteiger charge is -2.37. The smallest absolute Gasteiger partial charge is 0.253 e. The first-order chi connectivity index (χ1) is 13.7. The highest BCUT2D eigenvalue weighted by Gasteiger charge is 2.26. The first-order valence-corrected chi connectivity index (χ1v) is 9.95. The average molecular weight is 374 g/mol. The van der Waals surface area contributed by atoms with Gasteiger partial charge in [-0.05, 0) is 49.6 Å². The number of benzene rings is 2. The SMILES string of the molecule is CN(C(=O)c1ccc2nccnc2c1)C1CCCN(CCc2ccccc2)C1. The molecular formula is C23H26N4O. The van der Waals surface area contributed by atoms with Crippen molar-refractivity contribution in [1.29, 1.82) is 0 Å². The molecule has 0 spiro atoms. The van der Waals surface area contributed by atoms with Crippen molar-refractivity contribution in [2.45, 2.75) is 25.3 Å². The summed E-state index contributed by atoms with van der Waals surface area (Å²) in [5, 5.41) is 0. The number of rotatable bonds is 5. The van der Waals surface area contributed by atoms with Crippen LogP contribution in [0.4, 0.5) is 0 Å². The minimum absolute atomic E-state index is 0.0578. The fourth-order valence-electron chi connectivity index (χ4n) is 3.95. The van der Waals surface area contributed by atoms with E-state index in [1.165, 1.54) is 5.56 Å². The molecule has 28 heavy (non-hydrogen) atoms. The summed E-state index contributed by atoms with van der Waals surface area (Å²) in [4.78, 5) is 26.0. The minimum Gasteiger partial charge on any atom is -0.337 e. The summed E-state index contributed by atoms with van der Waals surface area (Å²) in [5.74, 6) is 0.0578. The highest BCUT2D eigenvalue weighted by atomic mass is 16.2. The zero-order valence-corrected chi connectivity index (χ0v) is 16.3. The predicted molar refractivity (Wildman–Crippen MR) is 111 cm³/mol. The van der Waals surface area contributed by atoms with Crippen LogP contribution in [0.1, 0.15) is 28.8 Å². The molecule has 5 heteroatoms. The van der Waals surface area contributed by atoms with Crippen molar-refractivity contribution >= 4 is 16.9 Å². The summed E-state index contributed by atoms with van der Waals surface area (Å²) in [7, 11) is 1.93. The number of carbonyl (C=O) groups excluding carboxylic acids is 1. The van der Waals surface area contributed by atoms with Gasteiger partial charge in [0.25, 0.3) is 5.91 Å². The van der Waals surface area contributed by atoms with Crippen LogP contribution in [0.3, 0.4) is 0 Å². The maximum atomic E-state index is 13.0. The van der Waals surface area contributed by atoms with Gasteiger partial charge in [-0.3, -0.25) is 14.8 Å². The van der Waals surface area contributed by atoms with E-state index < -0.39 is 0 Å². The number of amides is 1. The fraction of sp³-hybridized carbons (Fsp3) is 0.348. The maximum absolute atomic E-state index is 13.0. The molecule has 2 heterocycles. The molecule has 1 saturated heterocycles. The molecule has 1 aliphatic rings. The van der Waals surface area contributed by atoms with Crippen LogP contribution >= 0.6 is 0 Å². The molecule has 0 saturated carbocycles. The van der Waals surface area contributed by atoms with Gasteiger partial charge in [0.05, 0.1) is 11.0 Å². The van der Waals surface area contributed by atoms with E-state index in [1.54, 1.807) is 12.4 Å². The Morgan fingerprint density at radius 2 is 1.89 bits per heavy atom. The van der Waals surface area contributed by atoms with Gasteiger partial charge in [-0.15, -0.1) is 0 Å². The lowest BCUT2D eigenvalue weighted by molar-refractivity contribution is 0.0619. The van der Waals surface area contributed by atoms with E-state index in [2.05, 4.69) is 45.2 Å². The Hall–Kier alpha value is -2.79. The molecule has 1 aromatic heterocycles. The second-order valence-corrected chi connectivity index (χ2v) is 7.51. The van der Waals surface area contributed by atoms with Crippen LogP contribution in [0.25, 0.3) is 11.0 Å². The zero-order valence-electron chi connectivity index (χ0n) is 16.3. The summed E-state index contributed by atoms with van der Waals surface area (Å²) in [6.45, 7) is 3.08. The summed E-state index contributed by atoms with van der Waals surface area (Å²) < 4.78 is 0. The van der Waals surface area contributed by atoms with E-state index >= 15 is 0 Å². The van der Waals surface area contributed by atoms with Gasteiger partial charge >= 0.3 is 0 Å². The van der Waals surface area contributed by atoms with Gasteiger partial charge in [0.15, 0.2) is 0 Å². The molecule has 5 nitrogen and oxygen atoms in total. The molecule has 1 fully saturated rings. The number of nitrogens with zero attached hydrogens (tertiary/aromatic N) is 4. The Morgan fingerprint density at radius 3 is 2.71 bits per heavy atom. The zero-order chi connectivity index (χ0) is 19.3. The molecule has 3 aromatic rings. The molecular weight excluding hydrogens is 348 g/mol. The van der Waals surface area contributed by atoms with E-state index in [4.69, 9.17) is 0 Å². The molecule has 1 aliphatic heterocycles. The predicted octanol–water partition coefficient (Wildman–Crippen LogP) is 3.41. The van der Waals surface area contributed by atoms with Crippen LogP contribution in [0.2, 0.25) is 0 Å². The Kier molecular flexibility index (Phi) is 5.63. The third kappa shape index (κ3) is 4.20. The number of piperidine rings is 1. The molecule has 1 atom stereocenters. The lowest BCUT2D eigenvalue weighted by Crippen LogP contribution is -2.49. The molecule has 4 rings (SSSR count). The van der Waals surface area contributed by atoms with E-state index in [9.17, 15) is 4.79 Å². The summed E-state index contributed by atoms with van der Waals surface area (Å²) in [6.07, 6.45) is 6.56. The fourth-order valence-corrected chi connectivity index (χ4v) is 3.95. The number of aromatic nitrogens is 2. The lowest BCUT2D eigenvalue weighted by atomic mass is 10.0. The molecule has 2 aromatic carbocycles. The largest absolute Gasteiger partial charge is 0.337 e. The first kappa shape index (κ1) is 18.6. The first-order valence-electron chi connectivity index (χ1n) is 9.95. The van der Waals surface area contributed by atoms with E-state index in [-0.39, 0.29) is 11.9 Å². The van der Waals surface area contributed by atoms with Crippen LogP contribution in [-0.4, -0.2) is 58.4 Å². The maximum Gasteiger partial charge on any atom is 0.253 e. The number of hydrogen-bond acceptors (Lipinski definition) is 4. The standard InChI is InChI=1S/C23H26N4O/c1-26(23(28)19-9-10-21-22(16-19)25-13-12-24-21)20-8-5-14-27(17-20)15-11-18-6-3-2-4-7-18/h2-4,6-7,9-10,12-13,16,20H,5,8,11,14-15,17H2,1H3. The van der Waals surface area contributed by atoms with Gasteiger partial charge in [-0.1, -0.05) is 30.3 Å². The number of carbonyl (C=O) groups is 1. The summed E-state index contributed by atoms with van der Waals surface area (Å²) in [6, 6.07) is 16.4. The number of likely N-dealkylation sites (N-methyl/N-ethyl adjacent to an activating group) is 1. The van der Waals surface area contributed by atoms with Gasteiger partial charge in [-0.2, -0.15) is 0 Å². The molecule has 0 radical (unpaired) electrons. The van der Waals surface area contributed by atoms with Crippen LogP contribution in [0.5, 0.6) is 0 Å². The third-order valence-corrected chi connectivity index (χ3v) is 5.62.